The molecule has 0 aromatic heterocycles. The van der Waals surface area contributed by atoms with Crippen LogP contribution in [0.15, 0.2) is 24.3 Å². The van der Waals surface area contributed by atoms with Crippen LogP contribution in [-0.4, -0.2) is 61.7 Å². The van der Waals surface area contributed by atoms with Gasteiger partial charge in [0.25, 0.3) is 5.91 Å². The predicted molar refractivity (Wildman–Crippen MR) is 72.5 cm³/mol. The number of methoxy groups -OCH3 is 1. The van der Waals surface area contributed by atoms with E-state index in [1.165, 1.54) is 24.1 Å². The van der Waals surface area contributed by atoms with Crippen molar-refractivity contribution in [2.45, 2.75) is 0 Å². The Balaban J connectivity index is 1.80. The number of halogens is 1. The SMILES string of the molecule is COC(=O)N1CCN(C(=O)COc2ccccc2F)CC1. The molecule has 0 aliphatic carbocycles. The van der Waals surface area contributed by atoms with Crippen LogP contribution in [0.2, 0.25) is 0 Å². The molecule has 0 radical (unpaired) electrons. The lowest BCUT2D eigenvalue weighted by atomic mass is 10.3. The minimum Gasteiger partial charge on any atom is -0.481 e. The molecule has 0 bridgehead atoms. The van der Waals surface area contributed by atoms with Crippen molar-refractivity contribution in [1.82, 2.24) is 9.80 Å². The lowest BCUT2D eigenvalue weighted by Gasteiger charge is -2.33. The van der Waals surface area contributed by atoms with Gasteiger partial charge < -0.3 is 19.3 Å². The number of ether oxygens (including phenoxy) is 2. The van der Waals surface area contributed by atoms with Crippen LogP contribution in [0.4, 0.5) is 9.18 Å². The normalized spacial score (nSPS) is 14.8. The molecule has 1 fully saturated rings. The highest BCUT2D eigenvalue weighted by atomic mass is 19.1. The van der Waals surface area contributed by atoms with Crippen molar-refractivity contribution in [2.75, 3.05) is 39.9 Å². The number of hydrogen-bond donors (Lipinski definition) is 0. The maximum Gasteiger partial charge on any atom is 0.409 e. The van der Waals surface area contributed by atoms with Gasteiger partial charge in [-0.3, -0.25) is 4.79 Å². The minimum absolute atomic E-state index is 0.0547. The van der Waals surface area contributed by atoms with E-state index < -0.39 is 11.9 Å². The fourth-order valence-electron chi connectivity index (χ4n) is 2.06. The molecule has 1 saturated heterocycles. The fourth-order valence-corrected chi connectivity index (χ4v) is 2.06. The van der Waals surface area contributed by atoms with Gasteiger partial charge in [-0.15, -0.1) is 0 Å². The zero-order valence-electron chi connectivity index (χ0n) is 11.8. The molecule has 1 aromatic rings. The quantitative estimate of drug-likeness (QED) is 0.838. The van der Waals surface area contributed by atoms with Crippen molar-refractivity contribution in [1.29, 1.82) is 0 Å². The first kappa shape index (κ1) is 15.1. The average molecular weight is 296 g/mol. The highest BCUT2D eigenvalue weighted by Gasteiger charge is 2.24. The van der Waals surface area contributed by atoms with Gasteiger partial charge in [-0.05, 0) is 12.1 Å². The second-order valence-electron chi connectivity index (χ2n) is 4.56. The standard InChI is InChI=1S/C14H17FN2O4/c1-20-14(19)17-8-6-16(7-9-17)13(18)10-21-12-5-3-2-4-11(12)15/h2-5H,6-10H2,1H3. The fraction of sp³-hybridized carbons (Fsp3) is 0.429. The molecule has 2 amide bonds. The molecule has 0 saturated carbocycles. The summed E-state index contributed by atoms with van der Waals surface area (Å²) in [6.45, 7) is 1.43. The van der Waals surface area contributed by atoms with Gasteiger partial charge in [-0.1, -0.05) is 12.1 Å². The van der Waals surface area contributed by atoms with Gasteiger partial charge in [0, 0.05) is 26.2 Å². The maximum atomic E-state index is 13.4. The zero-order chi connectivity index (χ0) is 15.2. The molecule has 6 nitrogen and oxygen atoms in total. The summed E-state index contributed by atoms with van der Waals surface area (Å²) in [5, 5.41) is 0. The number of amides is 2. The number of benzene rings is 1. The summed E-state index contributed by atoms with van der Waals surface area (Å²) in [5.41, 5.74) is 0. The Morgan fingerprint density at radius 2 is 1.76 bits per heavy atom. The Kier molecular flexibility index (Phi) is 4.97. The summed E-state index contributed by atoms with van der Waals surface area (Å²) >= 11 is 0. The number of rotatable bonds is 3. The summed E-state index contributed by atoms with van der Waals surface area (Å²) in [7, 11) is 1.32. The van der Waals surface area contributed by atoms with Crippen LogP contribution in [0.5, 0.6) is 5.75 Å². The van der Waals surface area contributed by atoms with Crippen molar-refractivity contribution in [3.8, 4) is 5.75 Å². The zero-order valence-corrected chi connectivity index (χ0v) is 11.8. The van der Waals surface area contributed by atoms with Gasteiger partial charge in [0.1, 0.15) is 0 Å². The minimum atomic E-state index is -0.499. The Hall–Kier alpha value is -2.31. The maximum absolute atomic E-state index is 13.4. The summed E-state index contributed by atoms with van der Waals surface area (Å²) in [6, 6.07) is 5.93. The Labute approximate surface area is 122 Å². The molecule has 0 atom stereocenters. The van der Waals surface area contributed by atoms with Gasteiger partial charge in [0.15, 0.2) is 18.2 Å². The Bertz CT molecular complexity index is 515. The Morgan fingerprint density at radius 3 is 2.38 bits per heavy atom. The third-order valence-electron chi connectivity index (χ3n) is 3.25. The lowest BCUT2D eigenvalue weighted by molar-refractivity contribution is -0.135. The first-order valence-corrected chi connectivity index (χ1v) is 6.60. The number of nitrogens with zero attached hydrogens (tertiary/aromatic N) is 2. The van der Waals surface area contributed by atoms with E-state index in [9.17, 15) is 14.0 Å². The molecular weight excluding hydrogens is 279 g/mol. The first-order chi connectivity index (χ1) is 10.1. The topological polar surface area (TPSA) is 59.1 Å². The number of hydrogen-bond acceptors (Lipinski definition) is 4. The molecule has 1 aliphatic rings. The van der Waals surface area contributed by atoms with E-state index in [0.29, 0.717) is 26.2 Å². The monoisotopic (exact) mass is 296 g/mol. The molecule has 0 unspecified atom stereocenters. The van der Waals surface area contributed by atoms with E-state index in [0.717, 1.165) is 0 Å². The molecule has 1 aliphatic heterocycles. The second kappa shape index (κ2) is 6.92. The third kappa shape index (κ3) is 3.84. The molecular formula is C14H17FN2O4. The van der Waals surface area contributed by atoms with Crippen molar-refractivity contribution in [3.05, 3.63) is 30.1 Å². The van der Waals surface area contributed by atoms with Crippen molar-refractivity contribution in [3.63, 3.8) is 0 Å². The summed E-state index contributed by atoms with van der Waals surface area (Å²) in [4.78, 5) is 26.4. The summed E-state index contributed by atoms with van der Waals surface area (Å²) < 4.78 is 23.2. The molecule has 7 heteroatoms. The van der Waals surface area contributed by atoms with Crippen LogP contribution >= 0.6 is 0 Å². The molecule has 2 rings (SSSR count). The molecule has 1 heterocycles. The van der Waals surface area contributed by atoms with Crippen LogP contribution in [0, 0.1) is 5.82 Å². The number of para-hydroxylation sites is 1. The third-order valence-corrected chi connectivity index (χ3v) is 3.25. The largest absolute Gasteiger partial charge is 0.481 e. The van der Waals surface area contributed by atoms with E-state index in [1.54, 1.807) is 17.0 Å². The van der Waals surface area contributed by atoms with Crippen molar-refractivity contribution < 1.29 is 23.5 Å². The van der Waals surface area contributed by atoms with Crippen LogP contribution in [0.25, 0.3) is 0 Å². The average Bonchev–Trinajstić information content (AvgIpc) is 2.53. The van der Waals surface area contributed by atoms with Crippen molar-refractivity contribution >= 4 is 12.0 Å². The number of piperazine rings is 1. The van der Waals surface area contributed by atoms with Gasteiger partial charge in [-0.25, -0.2) is 9.18 Å². The van der Waals surface area contributed by atoms with Gasteiger partial charge in [0.05, 0.1) is 7.11 Å². The van der Waals surface area contributed by atoms with E-state index in [-0.39, 0.29) is 18.3 Å². The molecule has 0 N–H and O–H groups in total. The van der Waals surface area contributed by atoms with E-state index in [4.69, 9.17) is 4.74 Å². The predicted octanol–water partition coefficient (Wildman–Crippen LogP) is 1.12. The molecule has 21 heavy (non-hydrogen) atoms. The smallest absolute Gasteiger partial charge is 0.409 e. The lowest BCUT2D eigenvalue weighted by Crippen LogP contribution is -2.51. The van der Waals surface area contributed by atoms with Gasteiger partial charge >= 0.3 is 6.09 Å². The highest BCUT2D eigenvalue weighted by Crippen LogP contribution is 2.15. The van der Waals surface area contributed by atoms with Crippen molar-refractivity contribution in [2.24, 2.45) is 0 Å². The van der Waals surface area contributed by atoms with E-state index in [2.05, 4.69) is 4.74 Å². The Morgan fingerprint density at radius 1 is 1.14 bits per heavy atom. The van der Waals surface area contributed by atoms with Crippen LogP contribution in [0.3, 0.4) is 0 Å². The molecule has 114 valence electrons. The van der Waals surface area contributed by atoms with Gasteiger partial charge in [0.2, 0.25) is 0 Å². The van der Waals surface area contributed by atoms with Gasteiger partial charge in [-0.2, -0.15) is 0 Å². The molecule has 0 spiro atoms. The van der Waals surface area contributed by atoms with Crippen LogP contribution < -0.4 is 4.74 Å². The van der Waals surface area contributed by atoms with Crippen LogP contribution in [0.1, 0.15) is 0 Å². The summed E-state index contributed by atoms with van der Waals surface area (Å²) in [6.07, 6.45) is -0.398. The number of carbonyl (C=O) groups is 2. The summed E-state index contributed by atoms with van der Waals surface area (Å²) in [5.74, 6) is -0.678. The van der Waals surface area contributed by atoms with E-state index in [1.807, 2.05) is 0 Å². The highest BCUT2D eigenvalue weighted by molar-refractivity contribution is 5.78. The molecule has 1 aromatic carbocycles. The van der Waals surface area contributed by atoms with Crippen LogP contribution in [-0.2, 0) is 9.53 Å². The number of carbonyl (C=O) groups excluding carboxylic acids is 2. The first-order valence-electron chi connectivity index (χ1n) is 6.60. The van der Waals surface area contributed by atoms with E-state index >= 15 is 0 Å². The second-order valence-corrected chi connectivity index (χ2v) is 4.56.